The van der Waals surface area contributed by atoms with Crippen LogP contribution < -0.4 is 0 Å². The van der Waals surface area contributed by atoms with Crippen molar-refractivity contribution in [3.8, 4) is 18.2 Å². The molecule has 1 N–H and O–H groups in total. The van der Waals surface area contributed by atoms with Gasteiger partial charge in [-0.05, 0) is 31.7 Å². The van der Waals surface area contributed by atoms with Crippen LogP contribution in [0.15, 0.2) is 23.8 Å². The zero-order chi connectivity index (χ0) is 17.5. The zero-order valence-electron chi connectivity index (χ0n) is 13.6. The van der Waals surface area contributed by atoms with E-state index in [1.807, 2.05) is 32.2 Å². The Morgan fingerprint density at radius 2 is 2.00 bits per heavy atom. The quantitative estimate of drug-likeness (QED) is 0.798. The molecule has 1 saturated carbocycles. The number of hydrogen-bond donors (Lipinski definition) is 1. The van der Waals surface area contributed by atoms with E-state index in [1.165, 1.54) is 0 Å². The van der Waals surface area contributed by atoms with Crippen LogP contribution in [-0.2, 0) is 0 Å². The highest BCUT2D eigenvalue weighted by molar-refractivity contribution is 7.12. The highest BCUT2D eigenvalue weighted by Gasteiger charge is 2.57. The number of nitrogens with zero attached hydrogens (tertiary/aromatic N) is 4. The predicted octanol–water partition coefficient (Wildman–Crippen LogP) is 2.83. The minimum absolute atomic E-state index is 0.0712. The normalized spacial score (nSPS) is 28.9. The first-order valence-electron chi connectivity index (χ1n) is 7.74. The fourth-order valence-electron chi connectivity index (χ4n) is 3.88. The van der Waals surface area contributed by atoms with E-state index in [-0.39, 0.29) is 11.6 Å². The lowest BCUT2D eigenvalue weighted by Gasteiger charge is -2.46. The lowest BCUT2D eigenvalue weighted by molar-refractivity contribution is 0.237. The third kappa shape index (κ3) is 2.18. The molecule has 120 valence electrons. The van der Waals surface area contributed by atoms with E-state index in [9.17, 15) is 15.8 Å². The van der Waals surface area contributed by atoms with Gasteiger partial charge in [-0.1, -0.05) is 6.08 Å². The summed E-state index contributed by atoms with van der Waals surface area (Å²) in [7, 11) is 1.99. The van der Waals surface area contributed by atoms with E-state index >= 15 is 0 Å². The monoisotopic (exact) mass is 335 g/mol. The Kier molecular flexibility index (Phi) is 4.01. The van der Waals surface area contributed by atoms with Crippen LogP contribution in [0.5, 0.6) is 0 Å². The molecular formula is C18H17N5S. The van der Waals surface area contributed by atoms with Crippen molar-refractivity contribution in [1.29, 1.82) is 21.2 Å². The molecule has 3 rings (SSSR count). The lowest BCUT2D eigenvalue weighted by Crippen LogP contribution is -2.52. The molecule has 2 heterocycles. The molecule has 1 aliphatic heterocycles. The van der Waals surface area contributed by atoms with Gasteiger partial charge in [-0.25, -0.2) is 0 Å². The second-order valence-corrected chi connectivity index (χ2v) is 7.78. The van der Waals surface area contributed by atoms with Gasteiger partial charge in [-0.3, -0.25) is 0 Å². The molecule has 24 heavy (non-hydrogen) atoms. The van der Waals surface area contributed by atoms with Gasteiger partial charge in [0, 0.05) is 34.7 Å². The molecule has 1 fully saturated rings. The SMILES string of the molecule is Cc1ccc([C@@H]2[C@@H]3CN(C)CC=C3[C@@H](C#N)C(=N)C2(C#N)C#N)s1. The number of thiophene rings is 1. The summed E-state index contributed by atoms with van der Waals surface area (Å²) in [5.41, 5.74) is -0.756. The highest BCUT2D eigenvalue weighted by atomic mass is 32.1. The van der Waals surface area contributed by atoms with Crippen molar-refractivity contribution in [3.63, 3.8) is 0 Å². The number of likely N-dealkylation sites (N-methyl/N-ethyl adjacent to an activating group) is 1. The lowest BCUT2D eigenvalue weighted by atomic mass is 9.55. The fourth-order valence-corrected chi connectivity index (χ4v) is 4.99. The summed E-state index contributed by atoms with van der Waals surface area (Å²) in [5.74, 6) is -1.28. The average molecular weight is 335 g/mol. The first-order chi connectivity index (χ1) is 11.5. The van der Waals surface area contributed by atoms with E-state index in [1.54, 1.807) is 11.3 Å². The first-order valence-corrected chi connectivity index (χ1v) is 8.56. The summed E-state index contributed by atoms with van der Waals surface area (Å²) in [5, 5.41) is 37.8. The molecule has 1 aromatic heterocycles. The first kappa shape index (κ1) is 16.4. The Labute approximate surface area is 145 Å². The number of hydrogen-bond acceptors (Lipinski definition) is 6. The molecule has 0 amide bonds. The van der Waals surface area contributed by atoms with E-state index in [4.69, 9.17) is 5.41 Å². The molecule has 0 bridgehead atoms. The van der Waals surface area contributed by atoms with Gasteiger partial charge in [0.05, 0.1) is 23.9 Å². The van der Waals surface area contributed by atoms with E-state index in [0.29, 0.717) is 6.54 Å². The number of aryl methyl sites for hydroxylation is 1. The standard InChI is InChI=1S/C18H17N5S/c1-11-3-4-15(24-11)16-14-8-23(2)6-5-12(14)13(7-19)17(22)18(16,9-20)10-21/h3-5,13-14,16,22H,6,8H2,1-2H3/t13-,14-,16+/m1/s1. The molecule has 5 nitrogen and oxygen atoms in total. The maximum absolute atomic E-state index is 9.87. The van der Waals surface area contributed by atoms with Crippen LogP contribution in [0.25, 0.3) is 0 Å². The van der Waals surface area contributed by atoms with Crippen LogP contribution in [-0.4, -0.2) is 30.7 Å². The van der Waals surface area contributed by atoms with Gasteiger partial charge in [0.1, 0.15) is 5.92 Å². The number of nitrogens with one attached hydrogen (secondary N) is 1. The number of nitriles is 3. The summed E-state index contributed by atoms with van der Waals surface area (Å²) in [6.07, 6.45) is 2.00. The molecule has 0 unspecified atom stereocenters. The second kappa shape index (κ2) is 5.87. The van der Waals surface area contributed by atoms with Gasteiger partial charge in [-0.15, -0.1) is 11.3 Å². The largest absolute Gasteiger partial charge is 0.305 e. The van der Waals surface area contributed by atoms with Crippen molar-refractivity contribution in [3.05, 3.63) is 33.5 Å². The van der Waals surface area contributed by atoms with Crippen molar-refractivity contribution in [2.24, 2.45) is 17.3 Å². The summed E-state index contributed by atoms with van der Waals surface area (Å²) < 4.78 is 0. The Bertz CT molecular complexity index is 830. The van der Waals surface area contributed by atoms with Gasteiger partial charge < -0.3 is 10.3 Å². The predicted molar refractivity (Wildman–Crippen MR) is 91.4 cm³/mol. The molecule has 0 radical (unpaired) electrons. The molecule has 0 saturated heterocycles. The highest BCUT2D eigenvalue weighted by Crippen LogP contribution is 2.54. The summed E-state index contributed by atoms with van der Waals surface area (Å²) in [6.45, 7) is 3.40. The molecule has 1 aliphatic carbocycles. The van der Waals surface area contributed by atoms with Gasteiger partial charge in [0.2, 0.25) is 0 Å². The van der Waals surface area contributed by atoms with Crippen LogP contribution in [0.1, 0.15) is 15.7 Å². The topological polar surface area (TPSA) is 98.5 Å². The number of rotatable bonds is 1. The van der Waals surface area contributed by atoms with Crippen molar-refractivity contribution in [2.75, 3.05) is 20.1 Å². The Balaban J connectivity index is 2.26. The third-order valence-electron chi connectivity index (χ3n) is 5.04. The van der Waals surface area contributed by atoms with Gasteiger partial charge in [-0.2, -0.15) is 15.8 Å². The van der Waals surface area contributed by atoms with E-state index < -0.39 is 17.3 Å². The van der Waals surface area contributed by atoms with Crippen molar-refractivity contribution < 1.29 is 0 Å². The van der Waals surface area contributed by atoms with Gasteiger partial charge in [0.15, 0.2) is 5.41 Å². The summed E-state index contributed by atoms with van der Waals surface area (Å²) in [6, 6.07) is 10.3. The Morgan fingerprint density at radius 3 is 2.54 bits per heavy atom. The number of fused-ring (bicyclic) bond motifs is 1. The maximum atomic E-state index is 9.87. The fraction of sp³-hybridized carbons (Fsp3) is 0.444. The average Bonchev–Trinajstić information content (AvgIpc) is 3.00. The van der Waals surface area contributed by atoms with Crippen LogP contribution in [0.2, 0.25) is 0 Å². The maximum Gasteiger partial charge on any atom is 0.190 e. The Hall–Kier alpha value is -2.46. The van der Waals surface area contributed by atoms with E-state index in [2.05, 4.69) is 23.1 Å². The molecule has 2 aliphatic rings. The van der Waals surface area contributed by atoms with Crippen LogP contribution in [0.4, 0.5) is 0 Å². The van der Waals surface area contributed by atoms with Gasteiger partial charge in [0.25, 0.3) is 0 Å². The smallest absolute Gasteiger partial charge is 0.190 e. The molecule has 3 atom stereocenters. The van der Waals surface area contributed by atoms with Crippen molar-refractivity contribution in [1.82, 2.24) is 4.90 Å². The van der Waals surface area contributed by atoms with Crippen LogP contribution in [0.3, 0.4) is 0 Å². The summed E-state index contributed by atoms with van der Waals surface area (Å²) >= 11 is 1.57. The molecular weight excluding hydrogens is 318 g/mol. The van der Waals surface area contributed by atoms with Crippen LogP contribution in [0, 0.1) is 63.6 Å². The third-order valence-corrected chi connectivity index (χ3v) is 6.12. The molecule has 0 aromatic carbocycles. The van der Waals surface area contributed by atoms with Crippen molar-refractivity contribution >= 4 is 17.0 Å². The van der Waals surface area contributed by atoms with E-state index in [0.717, 1.165) is 21.9 Å². The zero-order valence-corrected chi connectivity index (χ0v) is 14.4. The molecule has 1 aromatic rings. The molecule has 6 heteroatoms. The van der Waals surface area contributed by atoms with Crippen LogP contribution >= 0.6 is 11.3 Å². The minimum atomic E-state index is -1.59. The van der Waals surface area contributed by atoms with Crippen molar-refractivity contribution in [2.45, 2.75) is 12.8 Å². The van der Waals surface area contributed by atoms with Gasteiger partial charge >= 0.3 is 0 Å². The minimum Gasteiger partial charge on any atom is -0.305 e. The second-order valence-electron chi connectivity index (χ2n) is 6.47. The Morgan fingerprint density at radius 1 is 1.29 bits per heavy atom. The summed E-state index contributed by atoms with van der Waals surface area (Å²) in [4.78, 5) is 4.19. The molecule has 0 spiro atoms.